The fourth-order valence-electron chi connectivity index (χ4n) is 1.36. The molecule has 18 heavy (non-hydrogen) atoms. The lowest BCUT2D eigenvalue weighted by atomic mass is 10.4. The average Bonchev–Trinajstić information content (AvgIpc) is 2.60. The summed E-state index contributed by atoms with van der Waals surface area (Å²) >= 11 is 1.03. The van der Waals surface area contributed by atoms with Gasteiger partial charge in [0.05, 0.1) is 11.5 Å². The molecule has 1 aromatic heterocycles. The molecule has 0 bridgehead atoms. The van der Waals surface area contributed by atoms with Gasteiger partial charge in [-0.15, -0.1) is 11.3 Å². The molecule has 0 saturated heterocycles. The van der Waals surface area contributed by atoms with E-state index in [1.807, 2.05) is 0 Å². The van der Waals surface area contributed by atoms with E-state index < -0.39 is 22.1 Å². The van der Waals surface area contributed by atoms with E-state index in [1.165, 1.54) is 13.2 Å². The largest absolute Gasteiger partial charge is 0.456 e. The molecule has 1 rings (SSSR count). The van der Waals surface area contributed by atoms with Gasteiger partial charge in [-0.1, -0.05) is 0 Å². The number of primary sulfonamides is 1. The Balaban J connectivity index is 2.89. The smallest absolute Gasteiger partial charge is 0.348 e. The van der Waals surface area contributed by atoms with Gasteiger partial charge in [0.25, 0.3) is 0 Å². The zero-order valence-electron chi connectivity index (χ0n) is 10.3. The van der Waals surface area contributed by atoms with E-state index in [0.29, 0.717) is 4.88 Å². The van der Waals surface area contributed by atoms with Crippen molar-refractivity contribution in [2.24, 2.45) is 5.14 Å². The molecule has 0 aliphatic heterocycles. The number of aryl methyl sites for hydroxylation is 1. The van der Waals surface area contributed by atoms with Crippen molar-refractivity contribution in [1.82, 2.24) is 0 Å². The Hall–Kier alpha value is -0.960. The number of rotatable bonds is 5. The first kappa shape index (κ1) is 15.1. The van der Waals surface area contributed by atoms with Gasteiger partial charge >= 0.3 is 5.97 Å². The molecule has 0 fully saturated rings. The number of nitrogens with two attached hydrogens (primary N) is 1. The third kappa shape index (κ3) is 3.77. The van der Waals surface area contributed by atoms with Gasteiger partial charge in [0.1, 0.15) is 11.0 Å². The average molecular weight is 293 g/mol. The Bertz CT molecular complexity index is 534. The van der Waals surface area contributed by atoms with E-state index >= 15 is 0 Å². The molecule has 0 aliphatic rings. The van der Waals surface area contributed by atoms with Crippen LogP contribution in [-0.4, -0.2) is 34.2 Å². The molecule has 8 heteroatoms. The van der Waals surface area contributed by atoms with Crippen molar-refractivity contribution in [3.8, 4) is 0 Å². The van der Waals surface area contributed by atoms with Gasteiger partial charge in [-0.2, -0.15) is 0 Å². The van der Waals surface area contributed by atoms with E-state index in [2.05, 4.69) is 0 Å². The van der Waals surface area contributed by atoms with Gasteiger partial charge in [-0.3, -0.25) is 0 Å². The first-order valence-corrected chi connectivity index (χ1v) is 7.45. The first-order valence-electron chi connectivity index (χ1n) is 5.09. The summed E-state index contributed by atoms with van der Waals surface area (Å²) in [6, 6.07) is 1.23. The van der Waals surface area contributed by atoms with E-state index in [1.54, 1.807) is 13.8 Å². The summed E-state index contributed by atoms with van der Waals surface area (Å²) in [5.74, 6) is -0.581. The number of hydrogen-bond acceptors (Lipinski definition) is 6. The Morgan fingerprint density at radius 3 is 2.61 bits per heavy atom. The first-order chi connectivity index (χ1) is 8.25. The van der Waals surface area contributed by atoms with E-state index in [-0.39, 0.29) is 16.4 Å². The van der Waals surface area contributed by atoms with Crippen LogP contribution in [0.15, 0.2) is 11.0 Å². The van der Waals surface area contributed by atoms with Crippen LogP contribution in [0, 0.1) is 6.92 Å². The number of hydrogen-bond donors (Lipinski definition) is 1. The van der Waals surface area contributed by atoms with Crippen LogP contribution in [0.3, 0.4) is 0 Å². The highest BCUT2D eigenvalue weighted by Gasteiger charge is 2.21. The molecule has 6 nitrogen and oxygen atoms in total. The van der Waals surface area contributed by atoms with Crippen LogP contribution in [0.1, 0.15) is 21.5 Å². The van der Waals surface area contributed by atoms with Gasteiger partial charge in [0, 0.05) is 12.0 Å². The topological polar surface area (TPSA) is 95.7 Å². The number of ether oxygens (including phenoxy) is 2. The van der Waals surface area contributed by atoms with Crippen LogP contribution in [0.4, 0.5) is 0 Å². The van der Waals surface area contributed by atoms with Crippen LogP contribution >= 0.6 is 11.3 Å². The van der Waals surface area contributed by atoms with E-state index in [9.17, 15) is 13.2 Å². The molecular weight excluding hydrogens is 278 g/mol. The number of sulfonamides is 1. The van der Waals surface area contributed by atoms with Gasteiger partial charge in [-0.25, -0.2) is 18.4 Å². The fraction of sp³-hybridized carbons (Fsp3) is 0.500. The lowest BCUT2D eigenvalue weighted by molar-refractivity contribution is 0.0125. The summed E-state index contributed by atoms with van der Waals surface area (Å²) in [4.78, 5) is 12.3. The third-order valence-electron chi connectivity index (χ3n) is 2.09. The SMILES string of the molecule is COCC(C)OC(=O)c1cc(S(N)(=O)=O)c(C)s1. The summed E-state index contributed by atoms with van der Waals surface area (Å²) in [7, 11) is -2.31. The normalized spacial score (nSPS) is 13.3. The zero-order chi connectivity index (χ0) is 13.9. The second kappa shape index (κ2) is 5.79. The Morgan fingerprint density at radius 2 is 2.17 bits per heavy atom. The van der Waals surface area contributed by atoms with Gasteiger partial charge in [0.2, 0.25) is 10.0 Å². The van der Waals surface area contributed by atoms with Crippen molar-refractivity contribution < 1.29 is 22.7 Å². The van der Waals surface area contributed by atoms with Crippen molar-refractivity contribution in [1.29, 1.82) is 0 Å². The van der Waals surface area contributed by atoms with Gasteiger partial charge < -0.3 is 9.47 Å². The van der Waals surface area contributed by atoms with Crippen LogP contribution in [0.2, 0.25) is 0 Å². The molecular formula is C10H15NO5S2. The van der Waals surface area contributed by atoms with Crippen molar-refractivity contribution >= 4 is 27.3 Å². The standard InChI is InChI=1S/C10H15NO5S2/c1-6(5-15-3)16-10(12)8-4-9(7(2)17-8)18(11,13)14/h4,6H,5H2,1-3H3,(H2,11,13,14). The molecule has 0 amide bonds. The molecule has 1 unspecified atom stereocenters. The van der Waals surface area contributed by atoms with Gasteiger partial charge in [-0.05, 0) is 19.9 Å². The van der Waals surface area contributed by atoms with Gasteiger partial charge in [0.15, 0.2) is 0 Å². The predicted octanol–water partition coefficient (Wildman–Crippen LogP) is 0.896. The van der Waals surface area contributed by atoms with Crippen LogP contribution in [0.25, 0.3) is 0 Å². The molecule has 1 heterocycles. The molecule has 0 saturated carbocycles. The molecule has 2 N–H and O–H groups in total. The number of carbonyl (C=O) groups excluding carboxylic acids is 1. The number of esters is 1. The summed E-state index contributed by atoms with van der Waals surface area (Å²) in [5.41, 5.74) is 0. The van der Waals surface area contributed by atoms with Crippen LogP contribution < -0.4 is 5.14 Å². The quantitative estimate of drug-likeness (QED) is 0.814. The molecule has 0 spiro atoms. The van der Waals surface area contributed by atoms with Crippen LogP contribution in [-0.2, 0) is 19.5 Å². The number of carbonyl (C=O) groups is 1. The summed E-state index contributed by atoms with van der Waals surface area (Å²) in [5, 5.41) is 5.03. The van der Waals surface area contributed by atoms with Crippen molar-refractivity contribution in [3.05, 3.63) is 15.8 Å². The minimum absolute atomic E-state index is 0.0427. The molecule has 102 valence electrons. The van der Waals surface area contributed by atoms with Crippen molar-refractivity contribution in [2.75, 3.05) is 13.7 Å². The molecule has 0 aliphatic carbocycles. The summed E-state index contributed by atoms with van der Waals surface area (Å²) in [6.45, 7) is 3.54. The lowest BCUT2D eigenvalue weighted by Crippen LogP contribution is -2.19. The molecule has 0 radical (unpaired) electrons. The highest BCUT2D eigenvalue weighted by molar-refractivity contribution is 7.89. The highest BCUT2D eigenvalue weighted by atomic mass is 32.2. The maximum absolute atomic E-state index is 11.7. The van der Waals surface area contributed by atoms with E-state index in [0.717, 1.165) is 11.3 Å². The Kier molecular flexibility index (Phi) is 4.85. The van der Waals surface area contributed by atoms with Crippen molar-refractivity contribution in [2.45, 2.75) is 24.8 Å². The lowest BCUT2D eigenvalue weighted by Gasteiger charge is -2.10. The number of methoxy groups -OCH3 is 1. The molecule has 1 atom stereocenters. The zero-order valence-corrected chi connectivity index (χ0v) is 11.9. The second-order valence-corrected chi connectivity index (χ2v) is 6.53. The second-order valence-electron chi connectivity index (χ2n) is 3.75. The third-order valence-corrected chi connectivity index (χ3v) is 4.29. The van der Waals surface area contributed by atoms with Crippen molar-refractivity contribution in [3.63, 3.8) is 0 Å². The maximum atomic E-state index is 11.7. The predicted molar refractivity (Wildman–Crippen MR) is 67.2 cm³/mol. The Labute approximate surface area is 110 Å². The monoisotopic (exact) mass is 293 g/mol. The van der Waals surface area contributed by atoms with Crippen LogP contribution in [0.5, 0.6) is 0 Å². The summed E-state index contributed by atoms with van der Waals surface area (Å²) < 4.78 is 32.4. The molecule has 0 aromatic carbocycles. The minimum atomic E-state index is -3.81. The fourth-order valence-corrected chi connectivity index (χ4v) is 3.39. The Morgan fingerprint density at radius 1 is 1.56 bits per heavy atom. The minimum Gasteiger partial charge on any atom is -0.456 e. The van der Waals surface area contributed by atoms with E-state index in [4.69, 9.17) is 14.6 Å². The maximum Gasteiger partial charge on any atom is 0.348 e. The summed E-state index contributed by atoms with van der Waals surface area (Å²) in [6.07, 6.45) is -0.400. The number of thiophene rings is 1. The highest BCUT2D eigenvalue weighted by Crippen LogP contribution is 2.25. The molecule has 1 aromatic rings.